The quantitative estimate of drug-likeness (QED) is 0.514. The number of allylic oxidation sites excluding steroid dienone is 2. The second-order valence-electron chi connectivity index (χ2n) is 6.61. The summed E-state index contributed by atoms with van der Waals surface area (Å²) >= 11 is 0. The van der Waals surface area contributed by atoms with Crippen LogP contribution in [0.3, 0.4) is 0 Å². The molecule has 0 bridgehead atoms. The molecule has 138 valence electrons. The number of hydrogen-bond acceptors (Lipinski definition) is 6. The number of carbonyl (C=O) groups is 1. The van der Waals surface area contributed by atoms with Gasteiger partial charge in [-0.15, -0.1) is 13.2 Å². The van der Waals surface area contributed by atoms with E-state index in [1.165, 1.54) is 6.92 Å². The minimum Gasteiger partial charge on any atom is -0.465 e. The van der Waals surface area contributed by atoms with E-state index >= 15 is 0 Å². The zero-order valence-electron chi connectivity index (χ0n) is 15.1. The standard InChI is InChI=1S/C20H24N2O4/c1-4-7-19(13-21,14-22)18-6-8-20(25-9-10-26-20)11-17(18)16(5-2)12-24-15(3)23/h4-6,16-17H,1-2,7-12H2,3H3/t16-,17?/m0/s1. The normalized spacial score (nSPS) is 22.6. The highest BCUT2D eigenvalue weighted by molar-refractivity contribution is 5.65. The summed E-state index contributed by atoms with van der Waals surface area (Å²) in [6.07, 6.45) is 6.31. The van der Waals surface area contributed by atoms with Crippen molar-refractivity contribution in [2.45, 2.75) is 32.0 Å². The zero-order chi connectivity index (χ0) is 19.2. The van der Waals surface area contributed by atoms with Crippen LogP contribution in [0.4, 0.5) is 0 Å². The molecule has 0 aromatic rings. The van der Waals surface area contributed by atoms with Crippen LogP contribution in [0, 0.1) is 39.9 Å². The molecule has 1 aliphatic heterocycles. The van der Waals surface area contributed by atoms with Gasteiger partial charge in [0.15, 0.2) is 11.2 Å². The van der Waals surface area contributed by atoms with E-state index in [1.807, 2.05) is 6.08 Å². The van der Waals surface area contributed by atoms with Crippen LogP contribution >= 0.6 is 0 Å². The molecule has 6 heteroatoms. The summed E-state index contributed by atoms with van der Waals surface area (Å²) in [6, 6.07) is 4.33. The van der Waals surface area contributed by atoms with Crippen molar-refractivity contribution in [3.05, 3.63) is 37.0 Å². The molecule has 1 heterocycles. The Morgan fingerprint density at radius 3 is 2.62 bits per heavy atom. The molecule has 2 rings (SSSR count). The first kappa shape index (κ1) is 19.9. The van der Waals surface area contributed by atoms with Gasteiger partial charge in [-0.25, -0.2) is 0 Å². The lowest BCUT2D eigenvalue weighted by atomic mass is 9.65. The predicted octanol–water partition coefficient (Wildman–Crippen LogP) is 3.04. The minimum atomic E-state index is -1.32. The Bertz CT molecular complexity index is 663. The molecule has 2 atom stereocenters. The molecule has 2 aliphatic rings. The minimum absolute atomic E-state index is 0.123. The number of esters is 1. The highest BCUT2D eigenvalue weighted by atomic mass is 16.7. The molecule has 0 aromatic heterocycles. The summed E-state index contributed by atoms with van der Waals surface area (Å²) in [7, 11) is 0. The van der Waals surface area contributed by atoms with Crippen molar-refractivity contribution in [1.82, 2.24) is 0 Å². The van der Waals surface area contributed by atoms with Crippen molar-refractivity contribution < 1.29 is 19.0 Å². The van der Waals surface area contributed by atoms with Crippen LogP contribution in [0.1, 0.15) is 26.2 Å². The first-order chi connectivity index (χ1) is 12.5. The maximum absolute atomic E-state index is 11.3. The molecular weight excluding hydrogens is 332 g/mol. The molecule has 0 amide bonds. The Morgan fingerprint density at radius 2 is 2.12 bits per heavy atom. The highest BCUT2D eigenvalue weighted by Gasteiger charge is 2.49. The first-order valence-corrected chi connectivity index (χ1v) is 8.63. The number of carbonyl (C=O) groups excluding carboxylic acids is 1. The Kier molecular flexibility index (Phi) is 6.37. The fraction of sp³-hybridized carbons (Fsp3) is 0.550. The van der Waals surface area contributed by atoms with E-state index < -0.39 is 11.2 Å². The lowest BCUT2D eigenvalue weighted by Crippen LogP contribution is -2.42. The van der Waals surface area contributed by atoms with Gasteiger partial charge in [-0.1, -0.05) is 18.2 Å². The number of ether oxygens (including phenoxy) is 3. The Balaban J connectivity index is 2.44. The zero-order valence-corrected chi connectivity index (χ0v) is 15.1. The van der Waals surface area contributed by atoms with Gasteiger partial charge in [0.2, 0.25) is 0 Å². The highest BCUT2D eigenvalue weighted by Crippen LogP contribution is 2.48. The molecule has 0 saturated carbocycles. The van der Waals surface area contributed by atoms with Crippen LogP contribution in [0.2, 0.25) is 0 Å². The van der Waals surface area contributed by atoms with Crippen LogP contribution < -0.4 is 0 Å². The summed E-state index contributed by atoms with van der Waals surface area (Å²) in [5.41, 5.74) is -0.617. The molecule has 6 nitrogen and oxygen atoms in total. The molecular formula is C20H24N2O4. The van der Waals surface area contributed by atoms with Crippen molar-refractivity contribution >= 4 is 5.97 Å². The summed E-state index contributed by atoms with van der Waals surface area (Å²) in [4.78, 5) is 11.3. The van der Waals surface area contributed by atoms with Gasteiger partial charge >= 0.3 is 5.97 Å². The van der Waals surface area contributed by atoms with Gasteiger partial charge < -0.3 is 14.2 Å². The molecule has 1 unspecified atom stereocenters. The topological polar surface area (TPSA) is 92.3 Å². The van der Waals surface area contributed by atoms with Gasteiger partial charge in [-0.2, -0.15) is 10.5 Å². The molecule has 0 aromatic carbocycles. The SMILES string of the molecule is C=CCC(C#N)(C#N)C1=CCC2(CC1[C@@H](C=C)COC(C)=O)OCCO2. The van der Waals surface area contributed by atoms with E-state index in [2.05, 4.69) is 25.3 Å². The summed E-state index contributed by atoms with van der Waals surface area (Å²) in [5, 5.41) is 19.5. The fourth-order valence-corrected chi connectivity index (χ4v) is 3.69. The lowest BCUT2D eigenvalue weighted by molar-refractivity contribution is -0.173. The van der Waals surface area contributed by atoms with Crippen molar-refractivity contribution in [3.8, 4) is 12.1 Å². The maximum atomic E-state index is 11.3. The van der Waals surface area contributed by atoms with Crippen molar-refractivity contribution in [3.63, 3.8) is 0 Å². The van der Waals surface area contributed by atoms with Gasteiger partial charge in [-0.05, 0) is 11.5 Å². The van der Waals surface area contributed by atoms with Crippen LogP contribution in [-0.2, 0) is 19.0 Å². The number of nitriles is 2. The molecule has 1 aliphatic carbocycles. The van der Waals surface area contributed by atoms with E-state index in [1.54, 1.807) is 12.2 Å². The van der Waals surface area contributed by atoms with Gasteiger partial charge in [0.1, 0.15) is 0 Å². The summed E-state index contributed by atoms with van der Waals surface area (Å²) in [6.45, 7) is 10.0. The number of hydrogen-bond donors (Lipinski definition) is 0. The molecule has 1 saturated heterocycles. The van der Waals surface area contributed by atoms with E-state index in [0.717, 1.165) is 0 Å². The van der Waals surface area contributed by atoms with E-state index in [-0.39, 0.29) is 30.8 Å². The molecule has 0 radical (unpaired) electrons. The first-order valence-electron chi connectivity index (χ1n) is 8.63. The molecule has 1 spiro atoms. The van der Waals surface area contributed by atoms with Crippen molar-refractivity contribution in [2.24, 2.45) is 17.3 Å². The number of nitrogens with zero attached hydrogens (tertiary/aromatic N) is 2. The van der Waals surface area contributed by atoms with Crippen LogP contribution in [0.5, 0.6) is 0 Å². The van der Waals surface area contributed by atoms with Gasteiger partial charge in [0, 0.05) is 32.1 Å². The third-order valence-electron chi connectivity index (χ3n) is 5.00. The second-order valence-corrected chi connectivity index (χ2v) is 6.61. The fourth-order valence-electron chi connectivity index (χ4n) is 3.69. The average molecular weight is 356 g/mol. The molecule has 1 fully saturated rings. The van der Waals surface area contributed by atoms with Gasteiger partial charge in [0.05, 0.1) is 32.0 Å². The second kappa shape index (κ2) is 8.31. The van der Waals surface area contributed by atoms with E-state index in [4.69, 9.17) is 14.2 Å². The maximum Gasteiger partial charge on any atom is 0.302 e. The Morgan fingerprint density at radius 1 is 1.46 bits per heavy atom. The Hall–Kier alpha value is -2.41. The van der Waals surface area contributed by atoms with Crippen LogP contribution in [0.25, 0.3) is 0 Å². The predicted molar refractivity (Wildman–Crippen MR) is 94.2 cm³/mol. The van der Waals surface area contributed by atoms with E-state index in [0.29, 0.717) is 31.6 Å². The van der Waals surface area contributed by atoms with Gasteiger partial charge in [0.25, 0.3) is 0 Å². The summed E-state index contributed by atoms with van der Waals surface area (Å²) in [5.74, 6) is -1.67. The van der Waals surface area contributed by atoms with Crippen LogP contribution in [-0.4, -0.2) is 31.6 Å². The van der Waals surface area contributed by atoms with Crippen molar-refractivity contribution in [1.29, 1.82) is 10.5 Å². The third kappa shape index (κ3) is 3.88. The Labute approximate surface area is 154 Å². The summed E-state index contributed by atoms with van der Waals surface area (Å²) < 4.78 is 16.8. The lowest BCUT2D eigenvalue weighted by Gasteiger charge is -2.41. The average Bonchev–Trinajstić information content (AvgIpc) is 3.08. The van der Waals surface area contributed by atoms with Crippen molar-refractivity contribution in [2.75, 3.05) is 19.8 Å². The molecule has 26 heavy (non-hydrogen) atoms. The van der Waals surface area contributed by atoms with Gasteiger partial charge in [-0.3, -0.25) is 4.79 Å². The van der Waals surface area contributed by atoms with E-state index in [9.17, 15) is 15.3 Å². The van der Waals surface area contributed by atoms with Crippen LogP contribution in [0.15, 0.2) is 37.0 Å². The molecule has 0 N–H and O–H groups in total. The smallest absolute Gasteiger partial charge is 0.302 e. The number of rotatable bonds is 7. The largest absolute Gasteiger partial charge is 0.465 e. The monoisotopic (exact) mass is 356 g/mol. The third-order valence-corrected chi connectivity index (χ3v) is 5.00.